The summed E-state index contributed by atoms with van der Waals surface area (Å²) in [7, 11) is 1.42. The van der Waals surface area contributed by atoms with Gasteiger partial charge in [0.05, 0.1) is 4.90 Å². The Balaban J connectivity index is 2.89. The maximum atomic E-state index is 11.9. The smallest absolute Gasteiger partial charge is 0.261 e. The molecule has 0 saturated heterocycles. The predicted molar refractivity (Wildman–Crippen MR) is 79.0 cm³/mol. The zero-order chi connectivity index (χ0) is 14.6. The predicted octanol–water partition coefficient (Wildman–Crippen LogP) is 3.15. The Labute approximate surface area is 126 Å². The highest BCUT2D eigenvalue weighted by atomic mass is 79.9. The maximum absolute atomic E-state index is 11.9. The number of carbonyl (C=O) groups is 1. The van der Waals surface area contributed by atoms with E-state index in [0.717, 1.165) is 6.42 Å². The summed E-state index contributed by atoms with van der Waals surface area (Å²) in [6.07, 6.45) is 0.862. The Kier molecular flexibility index (Phi) is 5.82. The molecule has 19 heavy (non-hydrogen) atoms. The Morgan fingerprint density at radius 3 is 2.53 bits per heavy atom. The lowest BCUT2D eigenvalue weighted by Crippen LogP contribution is -2.25. The average molecular weight is 369 g/mol. The molecule has 0 spiro atoms. The van der Waals surface area contributed by atoms with Crippen LogP contribution in [0.5, 0.6) is 0 Å². The Morgan fingerprint density at radius 2 is 2.00 bits per heavy atom. The highest BCUT2D eigenvalue weighted by Gasteiger charge is 2.15. The fraction of sp³-hybridized carbons (Fsp3) is 0.417. The van der Waals surface area contributed by atoms with Crippen LogP contribution < -0.4 is 5.32 Å². The van der Waals surface area contributed by atoms with Crippen molar-refractivity contribution < 1.29 is 13.2 Å². The van der Waals surface area contributed by atoms with Crippen LogP contribution in [0.2, 0.25) is 0 Å². The molecule has 1 aromatic rings. The molecular formula is C12H15BrClNO3S. The molecule has 7 heteroatoms. The van der Waals surface area contributed by atoms with E-state index in [1.54, 1.807) is 6.07 Å². The fourth-order valence-corrected chi connectivity index (χ4v) is 2.86. The van der Waals surface area contributed by atoms with E-state index < -0.39 is 9.05 Å². The van der Waals surface area contributed by atoms with Crippen molar-refractivity contribution >= 4 is 41.6 Å². The second-order valence-corrected chi connectivity index (χ2v) is 8.03. The summed E-state index contributed by atoms with van der Waals surface area (Å²) in [5, 5.41) is 2.74. The van der Waals surface area contributed by atoms with Gasteiger partial charge in [0, 0.05) is 27.3 Å². The fourth-order valence-electron chi connectivity index (χ4n) is 1.41. The number of amides is 1. The Morgan fingerprint density at radius 1 is 1.37 bits per heavy atom. The van der Waals surface area contributed by atoms with Crippen LogP contribution in [0.3, 0.4) is 0 Å². The third-order valence-electron chi connectivity index (χ3n) is 2.42. The normalized spacial score (nSPS) is 11.6. The lowest BCUT2D eigenvalue weighted by Gasteiger charge is -2.08. The first-order valence-electron chi connectivity index (χ1n) is 5.73. The van der Waals surface area contributed by atoms with Gasteiger partial charge in [-0.05, 0) is 30.5 Å². The minimum Gasteiger partial charge on any atom is -0.352 e. The summed E-state index contributed by atoms with van der Waals surface area (Å²) >= 11 is 3.16. The number of nitrogens with one attached hydrogen (secondary N) is 1. The molecule has 106 valence electrons. The van der Waals surface area contributed by atoms with E-state index in [9.17, 15) is 13.2 Å². The van der Waals surface area contributed by atoms with E-state index in [-0.39, 0.29) is 16.4 Å². The van der Waals surface area contributed by atoms with Crippen molar-refractivity contribution in [1.82, 2.24) is 5.32 Å². The summed E-state index contributed by atoms with van der Waals surface area (Å²) in [5.41, 5.74) is 0.261. The molecule has 0 saturated carbocycles. The first kappa shape index (κ1) is 16.5. The van der Waals surface area contributed by atoms with Gasteiger partial charge in [-0.2, -0.15) is 0 Å². The molecule has 1 N–H and O–H groups in total. The standard InChI is InChI=1S/C12H15BrClNO3S/c1-8(2)3-4-15-12(16)9-5-10(13)7-11(6-9)19(14,17)18/h5-8H,3-4H2,1-2H3,(H,15,16). The third-order valence-corrected chi connectivity index (χ3v) is 4.21. The summed E-state index contributed by atoms with van der Waals surface area (Å²) in [6, 6.07) is 4.17. The molecule has 0 aliphatic heterocycles. The number of hydrogen-bond donors (Lipinski definition) is 1. The van der Waals surface area contributed by atoms with Gasteiger partial charge in [-0.25, -0.2) is 8.42 Å². The lowest BCUT2D eigenvalue weighted by atomic mass is 10.1. The summed E-state index contributed by atoms with van der Waals surface area (Å²) < 4.78 is 23.0. The van der Waals surface area contributed by atoms with Crippen molar-refractivity contribution in [1.29, 1.82) is 0 Å². The molecule has 1 rings (SSSR count). The van der Waals surface area contributed by atoms with E-state index in [2.05, 4.69) is 35.1 Å². The topological polar surface area (TPSA) is 63.2 Å². The van der Waals surface area contributed by atoms with Crippen LogP contribution in [0.25, 0.3) is 0 Å². The van der Waals surface area contributed by atoms with Crippen LogP contribution >= 0.6 is 26.6 Å². The zero-order valence-electron chi connectivity index (χ0n) is 10.6. The quantitative estimate of drug-likeness (QED) is 0.812. The number of carbonyl (C=O) groups excluding carboxylic acids is 1. The maximum Gasteiger partial charge on any atom is 0.261 e. The average Bonchev–Trinajstić information content (AvgIpc) is 2.26. The highest BCUT2D eigenvalue weighted by Crippen LogP contribution is 2.22. The van der Waals surface area contributed by atoms with Crippen LogP contribution in [0, 0.1) is 5.92 Å². The Bertz CT molecular complexity index is 572. The molecule has 0 heterocycles. The van der Waals surface area contributed by atoms with Crippen LogP contribution in [0.1, 0.15) is 30.6 Å². The van der Waals surface area contributed by atoms with Gasteiger partial charge in [-0.3, -0.25) is 4.79 Å². The van der Waals surface area contributed by atoms with Crippen molar-refractivity contribution in [3.8, 4) is 0 Å². The molecule has 1 aromatic carbocycles. The minimum absolute atomic E-state index is 0.0995. The van der Waals surface area contributed by atoms with Gasteiger partial charge in [0.2, 0.25) is 0 Å². The Hall–Kier alpha value is -0.590. The molecule has 4 nitrogen and oxygen atoms in total. The number of rotatable bonds is 5. The van der Waals surface area contributed by atoms with Crippen LogP contribution in [0.15, 0.2) is 27.6 Å². The summed E-state index contributed by atoms with van der Waals surface area (Å²) in [6.45, 7) is 4.67. The molecule has 0 atom stereocenters. The lowest BCUT2D eigenvalue weighted by molar-refractivity contribution is 0.0951. The van der Waals surface area contributed by atoms with Crippen LogP contribution in [-0.2, 0) is 9.05 Å². The zero-order valence-corrected chi connectivity index (χ0v) is 13.8. The molecule has 0 aliphatic carbocycles. The third kappa shape index (κ3) is 5.50. The van der Waals surface area contributed by atoms with Gasteiger partial charge in [-0.1, -0.05) is 29.8 Å². The van der Waals surface area contributed by atoms with Crippen molar-refractivity contribution in [3.05, 3.63) is 28.2 Å². The van der Waals surface area contributed by atoms with Crippen molar-refractivity contribution in [2.45, 2.75) is 25.2 Å². The molecule has 0 fully saturated rings. The first-order valence-corrected chi connectivity index (χ1v) is 8.84. The van der Waals surface area contributed by atoms with Gasteiger partial charge in [0.25, 0.3) is 15.0 Å². The van der Waals surface area contributed by atoms with Gasteiger partial charge >= 0.3 is 0 Å². The van der Waals surface area contributed by atoms with E-state index in [4.69, 9.17) is 10.7 Å². The minimum atomic E-state index is -3.85. The van der Waals surface area contributed by atoms with Gasteiger partial charge in [0.1, 0.15) is 0 Å². The number of halogens is 2. The largest absolute Gasteiger partial charge is 0.352 e. The SMILES string of the molecule is CC(C)CCNC(=O)c1cc(Br)cc(S(=O)(=O)Cl)c1. The first-order chi connectivity index (χ1) is 8.70. The summed E-state index contributed by atoms with van der Waals surface area (Å²) in [4.78, 5) is 11.8. The van der Waals surface area contributed by atoms with Crippen molar-refractivity contribution in [3.63, 3.8) is 0 Å². The molecule has 0 aliphatic rings. The molecule has 0 aromatic heterocycles. The molecule has 0 bridgehead atoms. The van der Waals surface area contributed by atoms with Gasteiger partial charge in [-0.15, -0.1) is 0 Å². The van der Waals surface area contributed by atoms with Gasteiger partial charge in [0.15, 0.2) is 0 Å². The van der Waals surface area contributed by atoms with E-state index in [1.165, 1.54) is 12.1 Å². The number of benzene rings is 1. The van der Waals surface area contributed by atoms with Crippen molar-refractivity contribution in [2.75, 3.05) is 6.54 Å². The molecular weight excluding hydrogens is 354 g/mol. The molecule has 0 radical (unpaired) electrons. The highest BCUT2D eigenvalue weighted by molar-refractivity contribution is 9.10. The molecule has 1 amide bonds. The second kappa shape index (κ2) is 6.72. The van der Waals surface area contributed by atoms with Gasteiger partial charge < -0.3 is 5.32 Å². The second-order valence-electron chi connectivity index (χ2n) is 4.55. The number of hydrogen-bond acceptors (Lipinski definition) is 3. The van der Waals surface area contributed by atoms with E-state index in [0.29, 0.717) is 16.9 Å². The monoisotopic (exact) mass is 367 g/mol. The van der Waals surface area contributed by atoms with Crippen molar-refractivity contribution in [2.24, 2.45) is 5.92 Å². The van der Waals surface area contributed by atoms with E-state index in [1.807, 2.05) is 0 Å². The summed E-state index contributed by atoms with van der Waals surface area (Å²) in [5.74, 6) is 0.171. The van der Waals surface area contributed by atoms with Crippen LogP contribution in [0.4, 0.5) is 0 Å². The van der Waals surface area contributed by atoms with E-state index >= 15 is 0 Å². The molecule has 0 unspecified atom stereocenters. The van der Waals surface area contributed by atoms with Crippen LogP contribution in [-0.4, -0.2) is 20.9 Å².